The number of carbonyl (C=O) groups excluding carboxylic acids is 3. The molecule has 2 atom stereocenters. The Morgan fingerprint density at radius 3 is 2.70 bits per heavy atom. The molecule has 2 aliphatic heterocycles. The van der Waals surface area contributed by atoms with Crippen molar-refractivity contribution in [3.8, 4) is 0 Å². The first-order chi connectivity index (χ1) is 14.4. The predicted molar refractivity (Wildman–Crippen MR) is 116 cm³/mol. The van der Waals surface area contributed by atoms with Gasteiger partial charge in [0.05, 0.1) is 12.6 Å². The molecule has 4 rings (SSSR count). The molecule has 2 unspecified atom stereocenters. The van der Waals surface area contributed by atoms with Gasteiger partial charge in [0.1, 0.15) is 12.6 Å². The van der Waals surface area contributed by atoms with Gasteiger partial charge in [0, 0.05) is 10.6 Å². The second-order valence-electron chi connectivity index (χ2n) is 7.98. The number of imide groups is 1. The first-order valence-electron chi connectivity index (χ1n) is 10.2. The molecule has 0 spiro atoms. The van der Waals surface area contributed by atoms with Crippen molar-refractivity contribution in [2.45, 2.75) is 45.3 Å². The summed E-state index contributed by atoms with van der Waals surface area (Å²) in [5.41, 5.74) is 2.83. The van der Waals surface area contributed by atoms with Crippen LogP contribution < -0.4 is 10.6 Å². The number of aryl methyl sites for hydroxylation is 2. The average molecular weight is 427 g/mol. The lowest BCUT2D eigenvalue weighted by molar-refractivity contribution is -0.138. The Hall–Kier alpha value is -2.71. The van der Waals surface area contributed by atoms with E-state index in [4.69, 9.17) is 0 Å². The fraction of sp³-hybridized carbons (Fsp3) is 0.409. The van der Waals surface area contributed by atoms with E-state index >= 15 is 0 Å². The van der Waals surface area contributed by atoms with Crippen molar-refractivity contribution in [2.75, 3.05) is 18.4 Å². The molecule has 3 heterocycles. The molecule has 0 saturated carbocycles. The van der Waals surface area contributed by atoms with E-state index in [0.717, 1.165) is 29.0 Å². The van der Waals surface area contributed by atoms with Crippen molar-refractivity contribution in [3.05, 3.63) is 51.7 Å². The van der Waals surface area contributed by atoms with Crippen LogP contribution in [0.1, 0.15) is 28.8 Å². The molecular formula is C22H26N4O3S. The monoisotopic (exact) mass is 426 g/mol. The van der Waals surface area contributed by atoms with Gasteiger partial charge in [0.2, 0.25) is 11.8 Å². The third kappa shape index (κ3) is 4.24. The maximum atomic E-state index is 13.2. The molecule has 1 aromatic heterocycles. The summed E-state index contributed by atoms with van der Waals surface area (Å²) in [7, 11) is 0. The lowest BCUT2D eigenvalue weighted by atomic mass is 9.93. The number of hydrogen-bond donors (Lipinski definition) is 2. The van der Waals surface area contributed by atoms with Crippen molar-refractivity contribution in [1.29, 1.82) is 0 Å². The summed E-state index contributed by atoms with van der Waals surface area (Å²) in [6.07, 6.45) is 1.57. The normalized spacial score (nSPS) is 21.5. The maximum absolute atomic E-state index is 13.2. The van der Waals surface area contributed by atoms with Crippen molar-refractivity contribution >= 4 is 34.9 Å². The van der Waals surface area contributed by atoms with E-state index in [0.29, 0.717) is 12.1 Å². The van der Waals surface area contributed by atoms with E-state index in [1.165, 1.54) is 16.2 Å². The largest absolute Gasteiger partial charge is 0.327 e. The van der Waals surface area contributed by atoms with Gasteiger partial charge < -0.3 is 15.5 Å². The Morgan fingerprint density at radius 2 is 2.00 bits per heavy atom. The number of piperidine rings is 1. The maximum Gasteiger partial charge on any atom is 0.327 e. The molecule has 158 valence electrons. The van der Waals surface area contributed by atoms with Crippen LogP contribution in [0, 0.1) is 13.8 Å². The first kappa shape index (κ1) is 20.6. The number of benzene rings is 1. The highest BCUT2D eigenvalue weighted by atomic mass is 32.1. The summed E-state index contributed by atoms with van der Waals surface area (Å²) in [5.74, 6) is -0.466. The Bertz CT molecular complexity index is 939. The molecule has 2 fully saturated rings. The van der Waals surface area contributed by atoms with Crippen molar-refractivity contribution < 1.29 is 14.4 Å². The summed E-state index contributed by atoms with van der Waals surface area (Å²) in [4.78, 5) is 42.8. The molecule has 30 heavy (non-hydrogen) atoms. The van der Waals surface area contributed by atoms with Gasteiger partial charge in [-0.3, -0.25) is 14.5 Å². The number of thiophene rings is 1. The van der Waals surface area contributed by atoms with Crippen molar-refractivity contribution in [1.82, 2.24) is 15.1 Å². The molecule has 0 aliphatic carbocycles. The summed E-state index contributed by atoms with van der Waals surface area (Å²) < 4.78 is 0. The fourth-order valence-corrected chi connectivity index (χ4v) is 5.00. The molecule has 2 aromatic rings. The van der Waals surface area contributed by atoms with Gasteiger partial charge in [-0.2, -0.15) is 0 Å². The van der Waals surface area contributed by atoms with Gasteiger partial charge in [-0.05, 0) is 67.9 Å². The first-order valence-corrected chi connectivity index (χ1v) is 11.1. The van der Waals surface area contributed by atoms with E-state index in [2.05, 4.69) is 10.6 Å². The Morgan fingerprint density at radius 1 is 1.23 bits per heavy atom. The van der Waals surface area contributed by atoms with Crippen LogP contribution in [0.15, 0.2) is 35.7 Å². The van der Waals surface area contributed by atoms with E-state index in [1.54, 1.807) is 4.90 Å². The van der Waals surface area contributed by atoms with E-state index in [1.807, 2.05) is 49.6 Å². The summed E-state index contributed by atoms with van der Waals surface area (Å²) >= 11 is 1.51. The molecule has 2 N–H and O–H groups in total. The smallest absolute Gasteiger partial charge is 0.325 e. The van der Waals surface area contributed by atoms with Crippen LogP contribution in [0.5, 0.6) is 0 Å². The van der Waals surface area contributed by atoms with Gasteiger partial charge in [-0.25, -0.2) is 4.79 Å². The SMILES string of the molecule is Cc1cc(C)cc(NC(=O)CN2C(=O)N(Cc3cccs3)C(=O)C3NCCCC32)c1. The van der Waals surface area contributed by atoms with Crippen LogP contribution in [-0.2, 0) is 16.1 Å². The lowest BCUT2D eigenvalue weighted by Crippen LogP contribution is -2.69. The minimum absolute atomic E-state index is 0.0805. The standard InChI is InChI=1S/C22H26N4O3S/c1-14-9-15(2)11-16(10-14)24-19(27)13-25-18-6-3-7-23-20(18)21(28)26(22(25)29)12-17-5-4-8-30-17/h4-5,8-11,18,20,23H,3,6-7,12-13H2,1-2H3,(H,24,27). The van der Waals surface area contributed by atoms with Gasteiger partial charge >= 0.3 is 6.03 Å². The quantitative estimate of drug-likeness (QED) is 0.770. The molecule has 7 nitrogen and oxygen atoms in total. The number of hydrogen-bond acceptors (Lipinski definition) is 5. The van der Waals surface area contributed by atoms with E-state index in [9.17, 15) is 14.4 Å². The summed E-state index contributed by atoms with van der Waals surface area (Å²) in [6.45, 7) is 4.83. The number of fused-ring (bicyclic) bond motifs is 1. The van der Waals surface area contributed by atoms with Crippen molar-refractivity contribution in [2.24, 2.45) is 0 Å². The van der Waals surface area contributed by atoms with Crippen LogP contribution in [0.25, 0.3) is 0 Å². The molecule has 4 amide bonds. The molecule has 2 saturated heterocycles. The summed E-state index contributed by atoms with van der Waals surface area (Å²) in [5, 5.41) is 8.08. The van der Waals surface area contributed by atoms with Gasteiger partial charge in [-0.15, -0.1) is 11.3 Å². The zero-order valence-corrected chi connectivity index (χ0v) is 18.0. The predicted octanol–water partition coefficient (Wildman–Crippen LogP) is 2.89. The average Bonchev–Trinajstić information content (AvgIpc) is 3.21. The van der Waals surface area contributed by atoms with Crippen LogP contribution in [0.4, 0.5) is 10.5 Å². The summed E-state index contributed by atoms with van der Waals surface area (Å²) in [6, 6.07) is 8.48. The van der Waals surface area contributed by atoms with Gasteiger partial charge in [0.25, 0.3) is 0 Å². The topological polar surface area (TPSA) is 81.8 Å². The fourth-order valence-electron chi connectivity index (χ4n) is 4.31. The van der Waals surface area contributed by atoms with Crippen LogP contribution in [0.2, 0.25) is 0 Å². The van der Waals surface area contributed by atoms with Crippen LogP contribution in [-0.4, -0.2) is 52.8 Å². The third-order valence-electron chi connectivity index (χ3n) is 5.55. The molecule has 0 radical (unpaired) electrons. The zero-order chi connectivity index (χ0) is 21.3. The number of anilines is 1. The molecule has 1 aromatic carbocycles. The van der Waals surface area contributed by atoms with E-state index < -0.39 is 12.1 Å². The molecule has 0 bridgehead atoms. The minimum Gasteiger partial charge on any atom is -0.325 e. The second-order valence-corrected chi connectivity index (χ2v) is 9.01. The second kappa shape index (κ2) is 8.57. The Kier molecular flexibility index (Phi) is 5.87. The Balaban J connectivity index is 1.53. The van der Waals surface area contributed by atoms with Crippen LogP contribution in [0.3, 0.4) is 0 Å². The highest BCUT2D eigenvalue weighted by molar-refractivity contribution is 7.09. The molecule has 8 heteroatoms. The zero-order valence-electron chi connectivity index (χ0n) is 17.2. The highest BCUT2D eigenvalue weighted by Gasteiger charge is 2.47. The minimum atomic E-state index is -0.467. The van der Waals surface area contributed by atoms with E-state index in [-0.39, 0.29) is 30.9 Å². The lowest BCUT2D eigenvalue weighted by Gasteiger charge is -2.46. The number of carbonyl (C=O) groups is 3. The highest BCUT2D eigenvalue weighted by Crippen LogP contribution is 2.27. The van der Waals surface area contributed by atoms with Gasteiger partial charge in [0.15, 0.2) is 0 Å². The third-order valence-corrected chi connectivity index (χ3v) is 6.41. The number of amides is 4. The number of nitrogens with one attached hydrogen (secondary N) is 2. The number of nitrogens with zero attached hydrogens (tertiary/aromatic N) is 2. The van der Waals surface area contributed by atoms with Crippen molar-refractivity contribution in [3.63, 3.8) is 0 Å². The molecular weight excluding hydrogens is 400 g/mol. The number of urea groups is 1. The Labute approximate surface area is 180 Å². The van der Waals surface area contributed by atoms with Crippen LogP contribution >= 0.6 is 11.3 Å². The van der Waals surface area contributed by atoms with Gasteiger partial charge in [-0.1, -0.05) is 12.1 Å². The number of rotatable bonds is 5. The molecule has 2 aliphatic rings.